The second-order valence-corrected chi connectivity index (χ2v) is 6.16. The summed E-state index contributed by atoms with van der Waals surface area (Å²) in [5.74, 6) is -0.970. The van der Waals surface area contributed by atoms with Crippen LogP contribution in [-0.2, 0) is 9.59 Å². The van der Waals surface area contributed by atoms with E-state index in [1.54, 1.807) is 24.3 Å². The summed E-state index contributed by atoms with van der Waals surface area (Å²) >= 11 is 23.3. The second-order valence-electron chi connectivity index (χ2n) is 4.53. The number of benzene rings is 2. The van der Waals surface area contributed by atoms with E-state index in [2.05, 4.69) is 10.6 Å². The highest BCUT2D eigenvalue weighted by atomic mass is 35.5. The van der Waals surface area contributed by atoms with Crippen LogP contribution in [0.4, 0.5) is 11.4 Å². The lowest BCUT2D eigenvalue weighted by molar-refractivity contribution is -0.123. The van der Waals surface area contributed by atoms with E-state index in [0.717, 1.165) is 0 Å². The number of rotatable bonds is 4. The Kier molecular flexibility index (Phi) is 6.13. The maximum absolute atomic E-state index is 11.8. The minimum Gasteiger partial charge on any atom is -0.326 e. The largest absolute Gasteiger partial charge is 0.326 e. The van der Waals surface area contributed by atoms with E-state index in [-0.39, 0.29) is 6.42 Å². The molecule has 0 spiro atoms. The number of amides is 2. The van der Waals surface area contributed by atoms with Crippen LogP contribution in [-0.4, -0.2) is 11.8 Å². The highest BCUT2D eigenvalue weighted by Crippen LogP contribution is 2.26. The molecule has 2 aromatic rings. The van der Waals surface area contributed by atoms with Crippen LogP contribution < -0.4 is 10.6 Å². The minimum atomic E-state index is -0.485. The van der Waals surface area contributed by atoms with Gasteiger partial charge in [0.1, 0.15) is 6.42 Å². The molecule has 0 bridgehead atoms. The molecule has 2 N–H and O–H groups in total. The van der Waals surface area contributed by atoms with Gasteiger partial charge in [-0.25, -0.2) is 0 Å². The van der Waals surface area contributed by atoms with Crippen LogP contribution in [0.3, 0.4) is 0 Å². The molecule has 0 atom stereocenters. The Labute approximate surface area is 152 Å². The van der Waals surface area contributed by atoms with Gasteiger partial charge in [0.25, 0.3) is 0 Å². The summed E-state index contributed by atoms with van der Waals surface area (Å²) in [6.45, 7) is 0. The van der Waals surface area contributed by atoms with Gasteiger partial charge in [0, 0.05) is 11.4 Å². The smallest absolute Gasteiger partial charge is 0.233 e. The Hall–Kier alpha value is -1.46. The Bertz CT molecular complexity index is 702. The first kappa shape index (κ1) is 17.9. The summed E-state index contributed by atoms with van der Waals surface area (Å²) in [5, 5.41) is 6.49. The lowest BCUT2D eigenvalue weighted by Gasteiger charge is -2.08. The van der Waals surface area contributed by atoms with E-state index >= 15 is 0 Å². The zero-order valence-corrected chi connectivity index (χ0v) is 14.5. The van der Waals surface area contributed by atoms with Gasteiger partial charge in [0.05, 0.1) is 20.1 Å². The highest BCUT2D eigenvalue weighted by Gasteiger charge is 2.11. The Morgan fingerprint density at radius 2 is 1.09 bits per heavy atom. The number of hydrogen-bond donors (Lipinski definition) is 2. The molecular weight excluding hydrogens is 382 g/mol. The zero-order chi connectivity index (χ0) is 17.0. The molecule has 0 radical (unpaired) electrons. The molecule has 0 saturated heterocycles. The van der Waals surface area contributed by atoms with Gasteiger partial charge in [-0.1, -0.05) is 46.4 Å². The Morgan fingerprint density at radius 3 is 1.43 bits per heavy atom. The van der Waals surface area contributed by atoms with Crippen molar-refractivity contribution < 1.29 is 9.59 Å². The molecule has 0 aliphatic carbocycles. The fraction of sp³-hybridized carbons (Fsp3) is 0.0667. The van der Waals surface area contributed by atoms with Crippen molar-refractivity contribution in [2.75, 3.05) is 10.6 Å². The SMILES string of the molecule is O=C(CC(=O)Nc1ccc(Cl)c(Cl)c1)Nc1ccc(Cl)c(Cl)c1. The van der Waals surface area contributed by atoms with Crippen LogP contribution in [0, 0.1) is 0 Å². The molecule has 2 rings (SSSR count). The first-order valence-electron chi connectivity index (χ1n) is 6.35. The van der Waals surface area contributed by atoms with Crippen molar-refractivity contribution in [2.24, 2.45) is 0 Å². The third-order valence-corrected chi connectivity index (χ3v) is 4.21. The molecule has 2 amide bonds. The number of carbonyl (C=O) groups excluding carboxylic acids is 2. The van der Waals surface area contributed by atoms with Crippen molar-refractivity contribution in [3.63, 3.8) is 0 Å². The van der Waals surface area contributed by atoms with Gasteiger partial charge < -0.3 is 10.6 Å². The molecule has 4 nitrogen and oxygen atoms in total. The fourth-order valence-electron chi connectivity index (χ4n) is 1.70. The van der Waals surface area contributed by atoms with E-state index < -0.39 is 11.8 Å². The van der Waals surface area contributed by atoms with Crippen LogP contribution in [0.5, 0.6) is 0 Å². The van der Waals surface area contributed by atoms with Crippen molar-refractivity contribution >= 4 is 69.6 Å². The van der Waals surface area contributed by atoms with Crippen molar-refractivity contribution in [2.45, 2.75) is 6.42 Å². The van der Waals surface area contributed by atoms with E-state index in [1.165, 1.54) is 12.1 Å². The van der Waals surface area contributed by atoms with Crippen LogP contribution in [0.2, 0.25) is 20.1 Å². The third kappa shape index (κ3) is 5.29. The number of carbonyl (C=O) groups is 2. The van der Waals surface area contributed by atoms with Crippen molar-refractivity contribution in [3.05, 3.63) is 56.5 Å². The third-order valence-electron chi connectivity index (χ3n) is 2.73. The van der Waals surface area contributed by atoms with E-state index in [1.807, 2.05) is 0 Å². The summed E-state index contributed by atoms with van der Waals surface area (Å²) in [6.07, 6.45) is -0.361. The van der Waals surface area contributed by atoms with Crippen molar-refractivity contribution in [1.82, 2.24) is 0 Å². The molecule has 23 heavy (non-hydrogen) atoms. The van der Waals surface area contributed by atoms with Gasteiger partial charge >= 0.3 is 0 Å². The molecule has 0 aliphatic heterocycles. The lowest BCUT2D eigenvalue weighted by Crippen LogP contribution is -2.21. The summed E-state index contributed by atoms with van der Waals surface area (Å²) in [7, 11) is 0. The molecule has 0 aliphatic rings. The van der Waals surface area contributed by atoms with Crippen LogP contribution in [0.25, 0.3) is 0 Å². The van der Waals surface area contributed by atoms with E-state index in [9.17, 15) is 9.59 Å². The van der Waals surface area contributed by atoms with Gasteiger partial charge in [0.2, 0.25) is 11.8 Å². The van der Waals surface area contributed by atoms with E-state index in [4.69, 9.17) is 46.4 Å². The van der Waals surface area contributed by atoms with Crippen LogP contribution in [0.15, 0.2) is 36.4 Å². The second kappa shape index (κ2) is 7.88. The average Bonchev–Trinajstić information content (AvgIpc) is 2.46. The Morgan fingerprint density at radius 1 is 0.696 bits per heavy atom. The number of anilines is 2. The van der Waals surface area contributed by atoms with Crippen LogP contribution >= 0.6 is 46.4 Å². The van der Waals surface area contributed by atoms with Crippen LogP contribution in [0.1, 0.15) is 6.42 Å². The van der Waals surface area contributed by atoms with Crippen molar-refractivity contribution in [3.8, 4) is 0 Å². The average molecular weight is 392 g/mol. The summed E-state index contributed by atoms with van der Waals surface area (Å²) in [6, 6.07) is 9.27. The highest BCUT2D eigenvalue weighted by molar-refractivity contribution is 6.42. The summed E-state index contributed by atoms with van der Waals surface area (Å²) in [4.78, 5) is 23.7. The normalized spacial score (nSPS) is 10.3. The summed E-state index contributed by atoms with van der Waals surface area (Å²) in [5.41, 5.74) is 0.901. The van der Waals surface area contributed by atoms with Gasteiger partial charge in [-0.3, -0.25) is 9.59 Å². The van der Waals surface area contributed by atoms with Gasteiger partial charge in [-0.2, -0.15) is 0 Å². The Balaban J connectivity index is 1.92. The molecule has 0 heterocycles. The molecular formula is C15H10Cl4N2O2. The van der Waals surface area contributed by atoms with Gasteiger partial charge in [0.15, 0.2) is 0 Å². The maximum Gasteiger partial charge on any atom is 0.233 e. The molecule has 0 unspecified atom stereocenters. The number of hydrogen-bond acceptors (Lipinski definition) is 2. The molecule has 0 fully saturated rings. The zero-order valence-electron chi connectivity index (χ0n) is 11.5. The number of halogens is 4. The van der Waals surface area contributed by atoms with Gasteiger partial charge in [-0.15, -0.1) is 0 Å². The molecule has 2 aromatic carbocycles. The number of nitrogens with one attached hydrogen (secondary N) is 2. The maximum atomic E-state index is 11.8. The predicted molar refractivity (Wildman–Crippen MR) is 94.8 cm³/mol. The molecule has 8 heteroatoms. The first-order chi connectivity index (χ1) is 10.8. The standard InChI is InChI=1S/C15H10Cl4N2O2/c16-10-3-1-8(5-12(10)18)20-14(22)7-15(23)21-9-2-4-11(17)13(19)6-9/h1-6H,7H2,(H,20,22)(H,21,23). The quantitative estimate of drug-likeness (QED) is 0.697. The van der Waals surface area contributed by atoms with E-state index in [0.29, 0.717) is 31.5 Å². The predicted octanol–water partition coefficient (Wildman–Crippen LogP) is 5.27. The summed E-state index contributed by atoms with van der Waals surface area (Å²) < 4.78 is 0. The van der Waals surface area contributed by atoms with Crippen molar-refractivity contribution in [1.29, 1.82) is 0 Å². The lowest BCUT2D eigenvalue weighted by atomic mass is 10.2. The van der Waals surface area contributed by atoms with Gasteiger partial charge in [-0.05, 0) is 36.4 Å². The molecule has 120 valence electrons. The minimum absolute atomic E-state index is 0.310. The molecule has 0 saturated carbocycles. The monoisotopic (exact) mass is 390 g/mol. The molecule has 0 aromatic heterocycles. The first-order valence-corrected chi connectivity index (χ1v) is 7.86. The topological polar surface area (TPSA) is 58.2 Å². The fourth-order valence-corrected chi connectivity index (χ4v) is 2.30.